The molecule has 92 valence electrons. The quantitative estimate of drug-likeness (QED) is 0.868. The van der Waals surface area contributed by atoms with Crippen molar-refractivity contribution in [2.45, 2.75) is 13.3 Å². The van der Waals surface area contributed by atoms with Gasteiger partial charge in [-0.1, -0.05) is 6.07 Å². The molecule has 1 amide bonds. The number of carbonyl (C=O) groups excluding carboxylic acids is 1. The number of rotatable bonds is 3. The third-order valence-electron chi connectivity index (χ3n) is 2.69. The molecule has 0 saturated heterocycles. The van der Waals surface area contributed by atoms with Crippen LogP contribution in [0.4, 0.5) is 5.69 Å². The molecule has 4 nitrogen and oxygen atoms in total. The predicted octanol–water partition coefficient (Wildman–Crippen LogP) is 2.28. The van der Waals surface area contributed by atoms with Crippen molar-refractivity contribution in [3.05, 3.63) is 53.9 Å². The Hall–Kier alpha value is -2.36. The van der Waals surface area contributed by atoms with Gasteiger partial charge in [0.25, 0.3) is 0 Å². The maximum absolute atomic E-state index is 11.8. The number of aromatic nitrogens is 1. The first kappa shape index (κ1) is 12.1. The number of carbonyl (C=O) groups is 1. The number of phenols is 1. The lowest BCUT2D eigenvalue weighted by Crippen LogP contribution is -2.15. The fourth-order valence-corrected chi connectivity index (χ4v) is 1.64. The van der Waals surface area contributed by atoms with Crippen molar-refractivity contribution in [1.29, 1.82) is 0 Å². The average Bonchev–Trinajstić information content (AvgIpc) is 2.36. The Bertz CT molecular complexity index is 553. The second-order valence-electron chi connectivity index (χ2n) is 4.03. The molecule has 1 aromatic heterocycles. The van der Waals surface area contributed by atoms with Gasteiger partial charge in [0.05, 0.1) is 6.42 Å². The fraction of sp³-hybridized carbons (Fsp3) is 0.143. The number of hydrogen-bond donors (Lipinski definition) is 2. The molecule has 0 saturated carbocycles. The second-order valence-corrected chi connectivity index (χ2v) is 4.03. The lowest BCUT2D eigenvalue weighted by molar-refractivity contribution is -0.115. The molecule has 1 aromatic carbocycles. The number of anilines is 1. The van der Waals surface area contributed by atoms with Crippen LogP contribution in [0.3, 0.4) is 0 Å². The minimum absolute atomic E-state index is 0.116. The van der Waals surface area contributed by atoms with E-state index in [9.17, 15) is 9.90 Å². The number of nitrogens with zero attached hydrogens (tertiary/aromatic N) is 1. The zero-order valence-corrected chi connectivity index (χ0v) is 10.1. The largest absolute Gasteiger partial charge is 0.508 e. The SMILES string of the molecule is Cc1c(O)cccc1NC(=O)Cc1ccncc1. The molecule has 0 unspecified atom stereocenters. The number of aromatic hydroxyl groups is 1. The second kappa shape index (κ2) is 5.31. The van der Waals surface area contributed by atoms with Crippen molar-refractivity contribution in [2.24, 2.45) is 0 Å². The minimum atomic E-state index is -0.116. The van der Waals surface area contributed by atoms with Crippen LogP contribution >= 0.6 is 0 Å². The molecular formula is C14H14N2O2. The predicted molar refractivity (Wildman–Crippen MR) is 69.4 cm³/mol. The van der Waals surface area contributed by atoms with Gasteiger partial charge in [-0.3, -0.25) is 9.78 Å². The molecule has 18 heavy (non-hydrogen) atoms. The van der Waals surface area contributed by atoms with Crippen molar-refractivity contribution >= 4 is 11.6 Å². The van der Waals surface area contributed by atoms with E-state index in [1.165, 1.54) is 0 Å². The first-order valence-electron chi connectivity index (χ1n) is 5.64. The Morgan fingerprint density at radius 2 is 2.00 bits per heavy atom. The summed E-state index contributed by atoms with van der Waals surface area (Å²) >= 11 is 0. The molecule has 0 spiro atoms. The van der Waals surface area contributed by atoms with E-state index >= 15 is 0 Å². The molecule has 0 aliphatic heterocycles. The van der Waals surface area contributed by atoms with E-state index in [4.69, 9.17) is 0 Å². The fourth-order valence-electron chi connectivity index (χ4n) is 1.64. The molecular weight excluding hydrogens is 228 g/mol. The van der Waals surface area contributed by atoms with Gasteiger partial charge >= 0.3 is 0 Å². The Balaban J connectivity index is 2.06. The molecule has 1 heterocycles. The van der Waals surface area contributed by atoms with Gasteiger partial charge in [0.1, 0.15) is 5.75 Å². The Labute approximate surface area is 105 Å². The van der Waals surface area contributed by atoms with Gasteiger partial charge in [0.2, 0.25) is 5.91 Å². The lowest BCUT2D eigenvalue weighted by Gasteiger charge is -2.09. The van der Waals surface area contributed by atoms with E-state index in [-0.39, 0.29) is 18.1 Å². The van der Waals surface area contributed by atoms with Crippen molar-refractivity contribution < 1.29 is 9.90 Å². The summed E-state index contributed by atoms with van der Waals surface area (Å²) in [6.45, 7) is 1.76. The molecule has 0 radical (unpaired) electrons. The zero-order valence-electron chi connectivity index (χ0n) is 10.1. The maximum atomic E-state index is 11.8. The normalized spacial score (nSPS) is 10.1. The van der Waals surface area contributed by atoms with Crippen LogP contribution in [0, 0.1) is 6.92 Å². The first-order chi connectivity index (χ1) is 8.66. The molecule has 2 aromatic rings. The number of hydrogen-bond acceptors (Lipinski definition) is 3. The highest BCUT2D eigenvalue weighted by molar-refractivity contribution is 5.93. The van der Waals surface area contributed by atoms with Crippen LogP contribution in [0.25, 0.3) is 0 Å². The third-order valence-corrected chi connectivity index (χ3v) is 2.69. The van der Waals surface area contributed by atoms with E-state index in [1.807, 2.05) is 0 Å². The Kier molecular flexibility index (Phi) is 3.57. The smallest absolute Gasteiger partial charge is 0.228 e. The van der Waals surface area contributed by atoms with Crippen molar-refractivity contribution in [1.82, 2.24) is 4.98 Å². The number of phenolic OH excluding ortho intramolecular Hbond substituents is 1. The summed E-state index contributed by atoms with van der Waals surface area (Å²) in [5, 5.41) is 12.3. The monoisotopic (exact) mass is 242 g/mol. The van der Waals surface area contributed by atoms with Gasteiger partial charge in [-0.05, 0) is 36.8 Å². The van der Waals surface area contributed by atoms with Gasteiger partial charge in [-0.15, -0.1) is 0 Å². The van der Waals surface area contributed by atoms with E-state index < -0.39 is 0 Å². The molecule has 0 atom stereocenters. The van der Waals surface area contributed by atoms with Crippen LogP contribution in [0.5, 0.6) is 5.75 Å². The number of benzene rings is 1. The van der Waals surface area contributed by atoms with E-state index in [2.05, 4.69) is 10.3 Å². The van der Waals surface area contributed by atoms with Crippen LogP contribution in [0.1, 0.15) is 11.1 Å². The van der Waals surface area contributed by atoms with Gasteiger partial charge in [0.15, 0.2) is 0 Å². The van der Waals surface area contributed by atoms with Gasteiger partial charge in [-0.2, -0.15) is 0 Å². The standard InChI is InChI=1S/C14H14N2O2/c1-10-12(3-2-4-13(10)17)16-14(18)9-11-5-7-15-8-6-11/h2-8,17H,9H2,1H3,(H,16,18). The number of nitrogens with one attached hydrogen (secondary N) is 1. The molecule has 0 bridgehead atoms. The van der Waals surface area contributed by atoms with Gasteiger partial charge in [0, 0.05) is 23.6 Å². The van der Waals surface area contributed by atoms with Crippen LogP contribution in [-0.4, -0.2) is 16.0 Å². The third kappa shape index (κ3) is 2.85. The maximum Gasteiger partial charge on any atom is 0.228 e. The van der Waals surface area contributed by atoms with Crippen molar-refractivity contribution in [2.75, 3.05) is 5.32 Å². The van der Waals surface area contributed by atoms with Gasteiger partial charge in [-0.25, -0.2) is 0 Å². The van der Waals surface area contributed by atoms with Crippen LogP contribution in [0.15, 0.2) is 42.7 Å². The minimum Gasteiger partial charge on any atom is -0.508 e. The van der Waals surface area contributed by atoms with E-state index in [0.717, 1.165) is 5.56 Å². The molecule has 2 N–H and O–H groups in total. The molecule has 0 aliphatic rings. The first-order valence-corrected chi connectivity index (χ1v) is 5.64. The highest BCUT2D eigenvalue weighted by atomic mass is 16.3. The average molecular weight is 242 g/mol. The van der Waals surface area contributed by atoms with Crippen molar-refractivity contribution in [3.63, 3.8) is 0 Å². The van der Waals surface area contributed by atoms with E-state index in [0.29, 0.717) is 11.3 Å². The van der Waals surface area contributed by atoms with Crippen molar-refractivity contribution in [3.8, 4) is 5.75 Å². The van der Waals surface area contributed by atoms with E-state index in [1.54, 1.807) is 49.6 Å². The van der Waals surface area contributed by atoms with Crippen LogP contribution in [0.2, 0.25) is 0 Å². The summed E-state index contributed by atoms with van der Waals surface area (Å²) in [5.41, 5.74) is 2.20. The molecule has 0 aliphatic carbocycles. The summed E-state index contributed by atoms with van der Waals surface area (Å²) in [4.78, 5) is 15.7. The zero-order chi connectivity index (χ0) is 13.0. The van der Waals surface area contributed by atoms with Crippen LogP contribution < -0.4 is 5.32 Å². The molecule has 2 rings (SSSR count). The summed E-state index contributed by atoms with van der Waals surface area (Å²) < 4.78 is 0. The highest BCUT2D eigenvalue weighted by Gasteiger charge is 2.07. The lowest BCUT2D eigenvalue weighted by atomic mass is 10.1. The Morgan fingerprint density at radius 1 is 1.28 bits per heavy atom. The summed E-state index contributed by atoms with van der Waals surface area (Å²) in [7, 11) is 0. The van der Waals surface area contributed by atoms with Crippen LogP contribution in [-0.2, 0) is 11.2 Å². The molecule has 0 fully saturated rings. The topological polar surface area (TPSA) is 62.2 Å². The molecule has 4 heteroatoms. The summed E-state index contributed by atoms with van der Waals surface area (Å²) in [6, 6.07) is 8.65. The Morgan fingerprint density at radius 3 is 2.72 bits per heavy atom. The summed E-state index contributed by atoms with van der Waals surface area (Å²) in [5.74, 6) is 0.0617. The number of amides is 1. The highest BCUT2D eigenvalue weighted by Crippen LogP contribution is 2.23. The number of pyridine rings is 1. The van der Waals surface area contributed by atoms with Gasteiger partial charge < -0.3 is 10.4 Å². The summed E-state index contributed by atoms with van der Waals surface area (Å²) in [6.07, 6.45) is 3.60.